The molecule has 1 aromatic rings. The molecule has 3 N–H and O–H groups in total. The first-order valence-electron chi connectivity index (χ1n) is 4.71. The summed E-state index contributed by atoms with van der Waals surface area (Å²) < 4.78 is 30.2. The second kappa shape index (κ2) is 4.71. The van der Waals surface area contributed by atoms with Gasteiger partial charge in [-0.3, -0.25) is 4.55 Å². The molecular weight excluding hydrogens is 250 g/mol. The van der Waals surface area contributed by atoms with E-state index in [1.807, 2.05) is 0 Å². The van der Waals surface area contributed by atoms with Crippen LogP contribution >= 0.6 is 11.6 Å². The zero-order valence-electron chi connectivity index (χ0n) is 8.85. The van der Waals surface area contributed by atoms with E-state index >= 15 is 0 Å². The molecular formula is C10H14ClNO3S. The van der Waals surface area contributed by atoms with Crippen LogP contribution in [0.4, 0.5) is 0 Å². The number of halogens is 1. The molecule has 0 aliphatic rings. The van der Waals surface area contributed by atoms with Gasteiger partial charge in [0.2, 0.25) is 0 Å². The minimum Gasteiger partial charge on any atom is -0.329 e. The highest BCUT2D eigenvalue weighted by atomic mass is 35.5. The molecule has 0 saturated carbocycles. The largest absolute Gasteiger partial charge is 0.329 e. The highest BCUT2D eigenvalue weighted by Gasteiger charge is 2.37. The summed E-state index contributed by atoms with van der Waals surface area (Å²) in [6.45, 7) is 1.22. The van der Waals surface area contributed by atoms with E-state index in [1.54, 1.807) is 24.3 Å². The maximum Gasteiger partial charge on any atom is 0.271 e. The quantitative estimate of drug-likeness (QED) is 0.807. The van der Waals surface area contributed by atoms with Crippen LogP contribution in [0.25, 0.3) is 0 Å². The van der Waals surface area contributed by atoms with E-state index in [2.05, 4.69) is 0 Å². The van der Waals surface area contributed by atoms with Gasteiger partial charge in [-0.15, -0.1) is 0 Å². The lowest BCUT2D eigenvalue weighted by Gasteiger charge is -2.24. The van der Waals surface area contributed by atoms with Crippen molar-refractivity contribution in [1.29, 1.82) is 0 Å². The van der Waals surface area contributed by atoms with Crippen LogP contribution in [0.15, 0.2) is 24.3 Å². The predicted molar refractivity (Wildman–Crippen MR) is 64.2 cm³/mol. The highest BCUT2D eigenvalue weighted by Crippen LogP contribution is 2.25. The van der Waals surface area contributed by atoms with Gasteiger partial charge in [-0.05, 0) is 25.0 Å². The standard InChI is InChI=1S/C10H14ClNO3S/c1-10(7-12,16(13,14)15)6-8-4-2-3-5-9(8)11/h2-5H,6-7,12H2,1H3,(H,13,14,15). The van der Waals surface area contributed by atoms with Crippen molar-refractivity contribution in [3.05, 3.63) is 34.9 Å². The molecule has 1 rings (SSSR count). The summed E-state index contributed by atoms with van der Waals surface area (Å²) in [4.78, 5) is 0. The first-order valence-corrected chi connectivity index (χ1v) is 6.52. The van der Waals surface area contributed by atoms with Crippen molar-refractivity contribution < 1.29 is 13.0 Å². The molecule has 90 valence electrons. The molecule has 1 atom stereocenters. The second-order valence-corrected chi connectivity index (χ2v) is 6.24. The molecule has 6 heteroatoms. The molecule has 0 saturated heterocycles. The van der Waals surface area contributed by atoms with Crippen molar-refractivity contribution in [1.82, 2.24) is 0 Å². The predicted octanol–water partition coefficient (Wildman–Crippen LogP) is 1.49. The minimum absolute atomic E-state index is 0.0853. The third-order valence-electron chi connectivity index (χ3n) is 2.58. The number of nitrogens with two attached hydrogens (primary N) is 1. The van der Waals surface area contributed by atoms with Crippen LogP contribution in [0.2, 0.25) is 5.02 Å². The SMILES string of the molecule is CC(CN)(Cc1ccccc1Cl)S(=O)(=O)O. The number of benzene rings is 1. The van der Waals surface area contributed by atoms with Gasteiger partial charge in [-0.25, -0.2) is 0 Å². The zero-order chi connectivity index (χ0) is 12.4. The molecule has 1 unspecified atom stereocenters. The average Bonchev–Trinajstić information content (AvgIpc) is 2.19. The van der Waals surface area contributed by atoms with Crippen LogP contribution in [-0.2, 0) is 16.5 Å². The third kappa shape index (κ3) is 2.74. The Morgan fingerprint density at radius 3 is 2.44 bits per heavy atom. The van der Waals surface area contributed by atoms with Gasteiger partial charge in [0, 0.05) is 11.6 Å². The fourth-order valence-corrected chi connectivity index (χ4v) is 2.06. The lowest BCUT2D eigenvalue weighted by molar-refractivity contribution is 0.431. The average molecular weight is 264 g/mol. The summed E-state index contributed by atoms with van der Waals surface area (Å²) in [6, 6.07) is 6.88. The molecule has 0 spiro atoms. The molecule has 0 heterocycles. The normalized spacial score (nSPS) is 15.8. The van der Waals surface area contributed by atoms with Crippen molar-refractivity contribution in [3.8, 4) is 0 Å². The van der Waals surface area contributed by atoms with Gasteiger partial charge in [-0.1, -0.05) is 29.8 Å². The van der Waals surface area contributed by atoms with Gasteiger partial charge in [0.05, 0.1) is 0 Å². The molecule has 0 aliphatic carbocycles. The van der Waals surface area contributed by atoms with E-state index < -0.39 is 14.9 Å². The minimum atomic E-state index is -4.21. The van der Waals surface area contributed by atoms with Crippen molar-refractivity contribution in [3.63, 3.8) is 0 Å². The number of hydrogen-bond donors (Lipinski definition) is 2. The molecule has 0 bridgehead atoms. The van der Waals surface area contributed by atoms with E-state index in [9.17, 15) is 8.42 Å². The van der Waals surface area contributed by atoms with Gasteiger partial charge in [-0.2, -0.15) is 8.42 Å². The fraction of sp³-hybridized carbons (Fsp3) is 0.400. The van der Waals surface area contributed by atoms with Crippen LogP contribution in [0.3, 0.4) is 0 Å². The Morgan fingerprint density at radius 2 is 2.00 bits per heavy atom. The maximum atomic E-state index is 11.2. The Kier molecular flexibility index (Phi) is 3.96. The second-order valence-electron chi connectivity index (χ2n) is 3.90. The summed E-state index contributed by atoms with van der Waals surface area (Å²) in [5.41, 5.74) is 6.06. The van der Waals surface area contributed by atoms with Crippen molar-refractivity contribution in [2.45, 2.75) is 18.1 Å². The molecule has 1 aromatic carbocycles. The molecule has 0 amide bonds. The van der Waals surface area contributed by atoms with Crippen molar-refractivity contribution >= 4 is 21.7 Å². The zero-order valence-corrected chi connectivity index (χ0v) is 10.4. The summed E-state index contributed by atoms with van der Waals surface area (Å²) in [6.07, 6.45) is 0.0853. The van der Waals surface area contributed by atoms with Crippen molar-refractivity contribution in [2.24, 2.45) is 5.73 Å². The Hall–Kier alpha value is -0.620. The lowest BCUT2D eigenvalue weighted by Crippen LogP contribution is -2.44. The lowest BCUT2D eigenvalue weighted by atomic mass is 10.0. The number of rotatable bonds is 4. The first kappa shape index (κ1) is 13.4. The number of hydrogen-bond acceptors (Lipinski definition) is 3. The fourth-order valence-electron chi connectivity index (χ4n) is 1.31. The Labute approximate surface area is 100 Å². The van der Waals surface area contributed by atoms with Crippen LogP contribution in [0, 0.1) is 0 Å². The summed E-state index contributed by atoms with van der Waals surface area (Å²) in [7, 11) is -4.21. The van der Waals surface area contributed by atoms with E-state index in [-0.39, 0.29) is 13.0 Å². The Bertz CT molecular complexity index is 475. The molecule has 0 radical (unpaired) electrons. The molecule has 0 aliphatic heterocycles. The topological polar surface area (TPSA) is 80.4 Å². The summed E-state index contributed by atoms with van der Waals surface area (Å²) in [5, 5.41) is 0.464. The summed E-state index contributed by atoms with van der Waals surface area (Å²) in [5.74, 6) is 0. The van der Waals surface area contributed by atoms with Crippen LogP contribution in [0.5, 0.6) is 0 Å². The Balaban J connectivity index is 3.09. The highest BCUT2D eigenvalue weighted by molar-refractivity contribution is 7.87. The Morgan fingerprint density at radius 1 is 1.44 bits per heavy atom. The van der Waals surface area contributed by atoms with Gasteiger partial charge in [0.1, 0.15) is 4.75 Å². The molecule has 0 fully saturated rings. The maximum absolute atomic E-state index is 11.2. The smallest absolute Gasteiger partial charge is 0.271 e. The van der Waals surface area contributed by atoms with Crippen LogP contribution < -0.4 is 5.73 Å². The van der Waals surface area contributed by atoms with Crippen molar-refractivity contribution in [2.75, 3.05) is 6.54 Å². The van der Waals surface area contributed by atoms with E-state index in [0.29, 0.717) is 10.6 Å². The van der Waals surface area contributed by atoms with E-state index in [0.717, 1.165) is 0 Å². The summed E-state index contributed by atoms with van der Waals surface area (Å²) >= 11 is 5.92. The third-order valence-corrected chi connectivity index (χ3v) is 4.50. The van der Waals surface area contributed by atoms with Gasteiger partial charge in [0.25, 0.3) is 10.1 Å². The molecule has 4 nitrogen and oxygen atoms in total. The molecule has 0 aromatic heterocycles. The monoisotopic (exact) mass is 263 g/mol. The van der Waals surface area contributed by atoms with E-state index in [1.165, 1.54) is 6.92 Å². The first-order chi connectivity index (χ1) is 7.30. The van der Waals surface area contributed by atoms with Crippen LogP contribution in [0.1, 0.15) is 12.5 Å². The van der Waals surface area contributed by atoms with E-state index in [4.69, 9.17) is 21.9 Å². The van der Waals surface area contributed by atoms with Gasteiger partial charge >= 0.3 is 0 Å². The van der Waals surface area contributed by atoms with Gasteiger partial charge in [0.15, 0.2) is 0 Å². The molecule has 16 heavy (non-hydrogen) atoms. The van der Waals surface area contributed by atoms with Crippen LogP contribution in [-0.4, -0.2) is 24.3 Å². The van der Waals surface area contributed by atoms with Gasteiger partial charge < -0.3 is 5.73 Å².